The largest absolute Gasteiger partial charge is 0.481 e. The van der Waals surface area contributed by atoms with Crippen LogP contribution in [0.1, 0.15) is 32.1 Å². The maximum Gasteiger partial charge on any atom is 0.306 e. The fourth-order valence-electron chi connectivity index (χ4n) is 2.05. The third-order valence-electron chi connectivity index (χ3n) is 3.10. The maximum atomic E-state index is 9.76. The highest BCUT2D eigenvalue weighted by Crippen LogP contribution is 2.38. The Morgan fingerprint density at radius 2 is 1.62 bits per heavy atom. The number of aliphatic carboxylic acids is 1. The highest BCUT2D eigenvalue weighted by molar-refractivity contribution is 5.72. The van der Waals surface area contributed by atoms with Crippen LogP contribution in [0.15, 0.2) is 12.2 Å². The lowest BCUT2D eigenvalue weighted by Crippen LogP contribution is -1.94. The molecular weight excluding hydrogens is 164 g/mol. The van der Waals surface area contributed by atoms with E-state index in [0.29, 0.717) is 0 Å². The Balaban J connectivity index is 0.000000102. The molecule has 0 aromatic rings. The molecular formula is C11H16O2. The molecule has 2 nitrogen and oxygen atoms in total. The topological polar surface area (TPSA) is 37.3 Å². The van der Waals surface area contributed by atoms with Crippen molar-refractivity contribution < 1.29 is 9.90 Å². The molecule has 0 heterocycles. The van der Waals surface area contributed by atoms with Gasteiger partial charge in [-0.15, -0.1) is 0 Å². The summed E-state index contributed by atoms with van der Waals surface area (Å²) in [6.45, 7) is 0. The zero-order valence-electron chi connectivity index (χ0n) is 7.78. The van der Waals surface area contributed by atoms with Gasteiger partial charge < -0.3 is 5.11 Å². The molecule has 2 heteroatoms. The lowest BCUT2D eigenvalue weighted by molar-refractivity contribution is -0.138. The summed E-state index contributed by atoms with van der Waals surface area (Å²) in [5.41, 5.74) is 0. The maximum absolute atomic E-state index is 9.76. The van der Waals surface area contributed by atoms with Gasteiger partial charge in [0.2, 0.25) is 0 Å². The molecule has 72 valence electrons. The number of allylic oxidation sites excluding steroid dienone is 2. The summed E-state index contributed by atoms with van der Waals surface area (Å²) in [4.78, 5) is 9.76. The number of carboxylic acid groups (broad SMARTS) is 1. The van der Waals surface area contributed by atoms with E-state index >= 15 is 0 Å². The predicted octanol–water partition coefficient (Wildman–Crippen LogP) is 2.45. The van der Waals surface area contributed by atoms with E-state index in [9.17, 15) is 4.79 Å². The van der Waals surface area contributed by atoms with Gasteiger partial charge in [-0.3, -0.25) is 4.79 Å². The lowest BCUT2D eigenvalue weighted by Gasteiger charge is -1.96. The van der Waals surface area contributed by atoms with Crippen molar-refractivity contribution in [3.63, 3.8) is 0 Å². The van der Waals surface area contributed by atoms with Crippen LogP contribution in [0.5, 0.6) is 0 Å². The number of fused-ring (bicyclic) bond motifs is 2. The van der Waals surface area contributed by atoms with Gasteiger partial charge in [-0.25, -0.2) is 0 Å². The molecule has 13 heavy (non-hydrogen) atoms. The van der Waals surface area contributed by atoms with E-state index in [0.717, 1.165) is 24.7 Å². The van der Waals surface area contributed by atoms with E-state index in [1.54, 1.807) is 0 Å². The van der Waals surface area contributed by atoms with Crippen molar-refractivity contribution in [2.24, 2.45) is 17.8 Å². The standard InChI is InChI=1S/C7H10.C4H6O2/c1-2-7-4-3-6(1)5-7;5-4(6)3-1-2-3/h1-2,6-7H,3-5H2;3H,1-2H2,(H,5,6). The monoisotopic (exact) mass is 180 g/mol. The van der Waals surface area contributed by atoms with Crippen LogP contribution >= 0.6 is 0 Å². The summed E-state index contributed by atoms with van der Waals surface area (Å²) in [5.74, 6) is 1.37. The molecule has 0 saturated heterocycles. The lowest BCUT2D eigenvalue weighted by atomic mass is 10.1. The Labute approximate surface area is 78.6 Å². The van der Waals surface area contributed by atoms with E-state index in [1.807, 2.05) is 0 Å². The minimum Gasteiger partial charge on any atom is -0.481 e. The molecule has 2 bridgehead atoms. The van der Waals surface area contributed by atoms with Crippen molar-refractivity contribution >= 4 is 5.97 Å². The zero-order chi connectivity index (χ0) is 9.26. The van der Waals surface area contributed by atoms with Gasteiger partial charge in [0.15, 0.2) is 0 Å². The SMILES string of the molecule is C1=CC2CCC1C2.O=C(O)C1CC1. The second-order valence-electron chi connectivity index (χ2n) is 4.33. The fourth-order valence-corrected chi connectivity index (χ4v) is 2.05. The molecule has 3 aliphatic carbocycles. The average Bonchev–Trinajstić information content (AvgIpc) is 2.76. The van der Waals surface area contributed by atoms with Crippen LogP contribution in [0, 0.1) is 17.8 Å². The molecule has 0 radical (unpaired) electrons. The van der Waals surface area contributed by atoms with Gasteiger partial charge in [0, 0.05) is 0 Å². The number of hydrogen-bond acceptors (Lipinski definition) is 1. The first-order valence-electron chi connectivity index (χ1n) is 5.17. The van der Waals surface area contributed by atoms with Gasteiger partial charge in [0.25, 0.3) is 0 Å². The average molecular weight is 180 g/mol. The highest BCUT2D eigenvalue weighted by Gasteiger charge is 2.28. The predicted molar refractivity (Wildman–Crippen MR) is 50.3 cm³/mol. The molecule has 2 unspecified atom stereocenters. The number of carboxylic acids is 1. The van der Waals surface area contributed by atoms with Crippen molar-refractivity contribution in [1.82, 2.24) is 0 Å². The first-order chi connectivity index (χ1) is 6.25. The second-order valence-corrected chi connectivity index (χ2v) is 4.33. The first-order valence-corrected chi connectivity index (χ1v) is 5.17. The van der Waals surface area contributed by atoms with Crippen LogP contribution in [0.4, 0.5) is 0 Å². The number of rotatable bonds is 1. The molecule has 0 spiro atoms. The third kappa shape index (κ3) is 2.33. The van der Waals surface area contributed by atoms with Crippen LogP contribution in [-0.4, -0.2) is 11.1 Å². The summed E-state index contributed by atoms with van der Waals surface area (Å²) >= 11 is 0. The molecule has 1 N–H and O–H groups in total. The molecule has 0 aliphatic heterocycles. The van der Waals surface area contributed by atoms with Crippen molar-refractivity contribution in [3.05, 3.63) is 12.2 Å². The van der Waals surface area contributed by atoms with E-state index in [-0.39, 0.29) is 5.92 Å². The Bertz CT molecular complexity index is 216. The Morgan fingerprint density at radius 3 is 1.69 bits per heavy atom. The van der Waals surface area contributed by atoms with Crippen LogP contribution in [0.2, 0.25) is 0 Å². The summed E-state index contributed by atoms with van der Waals surface area (Å²) in [5, 5.41) is 8.05. The van der Waals surface area contributed by atoms with Crippen LogP contribution in [-0.2, 0) is 4.79 Å². The summed E-state index contributed by atoms with van der Waals surface area (Å²) in [7, 11) is 0. The van der Waals surface area contributed by atoms with Crippen molar-refractivity contribution in [1.29, 1.82) is 0 Å². The minimum absolute atomic E-state index is 0.0185. The van der Waals surface area contributed by atoms with Crippen molar-refractivity contribution in [2.45, 2.75) is 32.1 Å². The van der Waals surface area contributed by atoms with Gasteiger partial charge in [-0.05, 0) is 43.9 Å². The molecule has 0 aromatic heterocycles. The summed E-state index contributed by atoms with van der Waals surface area (Å²) in [6, 6.07) is 0. The van der Waals surface area contributed by atoms with Crippen LogP contribution < -0.4 is 0 Å². The van der Waals surface area contributed by atoms with Gasteiger partial charge in [-0.2, -0.15) is 0 Å². The zero-order valence-corrected chi connectivity index (χ0v) is 7.78. The molecule has 2 atom stereocenters. The molecule has 3 rings (SSSR count). The molecule has 0 aromatic carbocycles. The van der Waals surface area contributed by atoms with Crippen molar-refractivity contribution in [3.8, 4) is 0 Å². The quantitative estimate of drug-likeness (QED) is 0.629. The number of carbonyl (C=O) groups is 1. The van der Waals surface area contributed by atoms with E-state index < -0.39 is 5.97 Å². The van der Waals surface area contributed by atoms with Gasteiger partial charge in [0.1, 0.15) is 0 Å². The van der Waals surface area contributed by atoms with E-state index in [4.69, 9.17) is 5.11 Å². The molecule has 3 aliphatic rings. The highest BCUT2D eigenvalue weighted by atomic mass is 16.4. The summed E-state index contributed by atoms with van der Waals surface area (Å²) < 4.78 is 0. The van der Waals surface area contributed by atoms with E-state index in [2.05, 4.69) is 12.2 Å². The minimum atomic E-state index is -0.630. The Kier molecular flexibility index (Phi) is 2.38. The third-order valence-corrected chi connectivity index (χ3v) is 3.10. The molecule has 2 fully saturated rings. The molecule has 0 amide bonds. The van der Waals surface area contributed by atoms with E-state index in [1.165, 1.54) is 19.3 Å². The fraction of sp³-hybridized carbons (Fsp3) is 0.727. The van der Waals surface area contributed by atoms with Gasteiger partial charge in [-0.1, -0.05) is 12.2 Å². The van der Waals surface area contributed by atoms with Gasteiger partial charge in [0.05, 0.1) is 5.92 Å². The van der Waals surface area contributed by atoms with Crippen LogP contribution in [0.3, 0.4) is 0 Å². The molecule has 2 saturated carbocycles. The first kappa shape index (κ1) is 8.79. The summed E-state index contributed by atoms with van der Waals surface area (Å²) in [6.07, 6.45) is 11.0. The number of hydrogen-bond donors (Lipinski definition) is 1. The Hall–Kier alpha value is -0.790. The smallest absolute Gasteiger partial charge is 0.306 e. The van der Waals surface area contributed by atoms with Gasteiger partial charge >= 0.3 is 5.97 Å². The second kappa shape index (κ2) is 3.52. The van der Waals surface area contributed by atoms with Crippen molar-refractivity contribution in [2.75, 3.05) is 0 Å². The Morgan fingerprint density at radius 1 is 1.08 bits per heavy atom. The van der Waals surface area contributed by atoms with Crippen LogP contribution in [0.25, 0.3) is 0 Å². The normalized spacial score (nSPS) is 34.2.